The molecule has 0 aliphatic heterocycles. The second-order valence-electron chi connectivity index (χ2n) is 7.15. The average Bonchev–Trinajstić information content (AvgIpc) is 2.69. The highest BCUT2D eigenvalue weighted by Crippen LogP contribution is 2.12. The number of carbonyl (C=O) groups is 3. The average molecular weight is 443 g/mol. The standard InChI is InChI=1S/C22H34O9/c1-16(2)19(23)28-10-8-26-14-22(7,31-13-12-30-21(25)18(5)6)15-27-9-11-29-20(24)17(3)4/h1,3,5,8-15H2,2,4,6-7H3. The highest BCUT2D eigenvalue weighted by Gasteiger charge is 2.26. The molecule has 0 fully saturated rings. The minimum absolute atomic E-state index is 0.0354. The first-order valence-electron chi connectivity index (χ1n) is 9.76. The molecule has 0 saturated heterocycles. The van der Waals surface area contributed by atoms with E-state index in [0.29, 0.717) is 16.7 Å². The van der Waals surface area contributed by atoms with Crippen LogP contribution in [-0.4, -0.2) is 76.4 Å². The number of hydrogen-bond acceptors (Lipinski definition) is 9. The van der Waals surface area contributed by atoms with Crippen LogP contribution in [0, 0.1) is 0 Å². The van der Waals surface area contributed by atoms with Gasteiger partial charge in [0.05, 0.1) is 33.0 Å². The molecule has 0 rings (SSSR count). The maximum atomic E-state index is 11.4. The summed E-state index contributed by atoms with van der Waals surface area (Å²) in [7, 11) is 0. The zero-order chi connectivity index (χ0) is 23.9. The van der Waals surface area contributed by atoms with Gasteiger partial charge in [-0.05, 0) is 27.7 Å². The van der Waals surface area contributed by atoms with E-state index in [4.69, 9.17) is 28.4 Å². The minimum atomic E-state index is -0.883. The van der Waals surface area contributed by atoms with Crippen LogP contribution in [-0.2, 0) is 42.8 Å². The Kier molecular flexibility index (Phi) is 14.1. The Morgan fingerprint density at radius 2 is 0.935 bits per heavy atom. The van der Waals surface area contributed by atoms with Gasteiger partial charge >= 0.3 is 17.9 Å². The molecule has 0 spiro atoms. The second-order valence-corrected chi connectivity index (χ2v) is 7.15. The van der Waals surface area contributed by atoms with Crippen molar-refractivity contribution in [2.45, 2.75) is 33.3 Å². The Morgan fingerprint density at radius 1 is 0.613 bits per heavy atom. The van der Waals surface area contributed by atoms with Crippen molar-refractivity contribution in [3.05, 3.63) is 36.5 Å². The Labute approximate surface area is 184 Å². The van der Waals surface area contributed by atoms with Crippen LogP contribution in [0.1, 0.15) is 27.7 Å². The van der Waals surface area contributed by atoms with E-state index in [0.717, 1.165) is 0 Å². The van der Waals surface area contributed by atoms with Crippen LogP contribution in [0.15, 0.2) is 36.5 Å². The third-order valence-corrected chi connectivity index (χ3v) is 3.55. The number of carbonyl (C=O) groups excluding carboxylic acids is 3. The van der Waals surface area contributed by atoms with Gasteiger partial charge in [0.2, 0.25) is 0 Å². The fourth-order valence-corrected chi connectivity index (χ4v) is 1.88. The molecule has 9 nitrogen and oxygen atoms in total. The molecular formula is C22H34O9. The van der Waals surface area contributed by atoms with E-state index >= 15 is 0 Å². The van der Waals surface area contributed by atoms with Gasteiger partial charge in [-0.3, -0.25) is 0 Å². The normalized spacial score (nSPS) is 10.8. The predicted octanol–water partition coefficient (Wildman–Crippen LogP) is 2.15. The van der Waals surface area contributed by atoms with Crippen molar-refractivity contribution in [2.75, 3.05) is 52.9 Å². The summed E-state index contributed by atoms with van der Waals surface area (Å²) in [5.41, 5.74) is 0.0197. The second kappa shape index (κ2) is 15.3. The molecule has 31 heavy (non-hydrogen) atoms. The van der Waals surface area contributed by atoms with Crippen LogP contribution in [0.5, 0.6) is 0 Å². The van der Waals surface area contributed by atoms with Crippen LogP contribution < -0.4 is 0 Å². The third kappa shape index (κ3) is 14.2. The summed E-state index contributed by atoms with van der Waals surface area (Å²) in [4.78, 5) is 34.2. The van der Waals surface area contributed by atoms with Gasteiger partial charge in [0, 0.05) is 16.7 Å². The van der Waals surface area contributed by atoms with Crippen molar-refractivity contribution >= 4 is 17.9 Å². The molecule has 0 aromatic heterocycles. The first-order valence-corrected chi connectivity index (χ1v) is 9.76. The minimum Gasteiger partial charge on any atom is -0.460 e. The highest BCUT2D eigenvalue weighted by molar-refractivity contribution is 5.87. The third-order valence-electron chi connectivity index (χ3n) is 3.55. The molecule has 0 aromatic carbocycles. The van der Waals surface area contributed by atoms with Crippen molar-refractivity contribution in [1.82, 2.24) is 0 Å². The lowest BCUT2D eigenvalue weighted by Gasteiger charge is -2.29. The summed E-state index contributed by atoms with van der Waals surface area (Å²) in [6.45, 7) is 17.7. The smallest absolute Gasteiger partial charge is 0.333 e. The molecule has 0 amide bonds. The van der Waals surface area contributed by atoms with Crippen LogP contribution in [0.25, 0.3) is 0 Å². The Morgan fingerprint density at radius 3 is 1.26 bits per heavy atom. The quantitative estimate of drug-likeness (QED) is 0.145. The largest absolute Gasteiger partial charge is 0.460 e. The van der Waals surface area contributed by atoms with Gasteiger partial charge in [0.1, 0.15) is 25.4 Å². The van der Waals surface area contributed by atoms with Gasteiger partial charge in [-0.1, -0.05) is 19.7 Å². The maximum absolute atomic E-state index is 11.4. The van der Waals surface area contributed by atoms with Crippen molar-refractivity contribution in [2.24, 2.45) is 0 Å². The predicted molar refractivity (Wildman–Crippen MR) is 113 cm³/mol. The van der Waals surface area contributed by atoms with Crippen LogP contribution >= 0.6 is 0 Å². The van der Waals surface area contributed by atoms with Crippen LogP contribution in [0.4, 0.5) is 0 Å². The first kappa shape index (κ1) is 28.5. The SMILES string of the molecule is C=C(C)C(=O)OCCOCC(C)(COCCOC(=O)C(=C)C)OCCOC(=O)C(=C)C. The molecule has 0 aliphatic carbocycles. The fraction of sp³-hybridized carbons (Fsp3) is 0.591. The lowest BCUT2D eigenvalue weighted by atomic mass is 10.1. The molecule has 9 heteroatoms. The lowest BCUT2D eigenvalue weighted by molar-refractivity contribution is -0.156. The molecule has 0 radical (unpaired) electrons. The van der Waals surface area contributed by atoms with E-state index in [2.05, 4.69) is 19.7 Å². The van der Waals surface area contributed by atoms with E-state index in [9.17, 15) is 14.4 Å². The summed E-state index contributed by atoms with van der Waals surface area (Å²) < 4.78 is 31.8. The molecule has 176 valence electrons. The molecule has 0 N–H and O–H groups in total. The molecule has 0 bridgehead atoms. The summed E-state index contributed by atoms with van der Waals surface area (Å²) in [5.74, 6) is -1.49. The van der Waals surface area contributed by atoms with E-state index in [1.165, 1.54) is 0 Å². The van der Waals surface area contributed by atoms with Crippen molar-refractivity contribution < 1.29 is 42.8 Å². The van der Waals surface area contributed by atoms with Gasteiger partial charge in [0.25, 0.3) is 0 Å². The van der Waals surface area contributed by atoms with Crippen molar-refractivity contribution in [1.29, 1.82) is 0 Å². The Hall–Kier alpha value is -2.49. The van der Waals surface area contributed by atoms with E-state index in [1.807, 2.05) is 0 Å². The topological polar surface area (TPSA) is 107 Å². The fourth-order valence-electron chi connectivity index (χ4n) is 1.88. The monoisotopic (exact) mass is 442 g/mol. The summed E-state index contributed by atoms with van der Waals surface area (Å²) >= 11 is 0. The van der Waals surface area contributed by atoms with Gasteiger partial charge < -0.3 is 28.4 Å². The zero-order valence-corrected chi connectivity index (χ0v) is 19.0. The van der Waals surface area contributed by atoms with Crippen LogP contribution in [0.3, 0.4) is 0 Å². The summed E-state index contributed by atoms with van der Waals surface area (Å²) in [6.07, 6.45) is 0. The maximum Gasteiger partial charge on any atom is 0.333 e. The number of hydrogen-bond donors (Lipinski definition) is 0. The summed E-state index contributed by atoms with van der Waals surface area (Å²) in [6, 6.07) is 0. The lowest BCUT2D eigenvalue weighted by Crippen LogP contribution is -2.41. The molecule has 0 heterocycles. The van der Waals surface area contributed by atoms with Gasteiger partial charge in [-0.2, -0.15) is 0 Å². The first-order chi connectivity index (χ1) is 14.5. The van der Waals surface area contributed by atoms with Gasteiger partial charge in [-0.25, -0.2) is 14.4 Å². The van der Waals surface area contributed by atoms with Gasteiger partial charge in [-0.15, -0.1) is 0 Å². The molecule has 0 unspecified atom stereocenters. The van der Waals surface area contributed by atoms with Crippen LogP contribution in [0.2, 0.25) is 0 Å². The molecule has 0 atom stereocenters. The molecule has 0 aliphatic rings. The Bertz CT molecular complexity index is 615. The molecular weight excluding hydrogens is 408 g/mol. The van der Waals surface area contributed by atoms with Gasteiger partial charge in [0.15, 0.2) is 0 Å². The van der Waals surface area contributed by atoms with E-state index in [-0.39, 0.29) is 52.9 Å². The van der Waals surface area contributed by atoms with Crippen molar-refractivity contribution in [3.63, 3.8) is 0 Å². The molecule has 0 saturated carbocycles. The van der Waals surface area contributed by atoms with E-state index in [1.54, 1.807) is 27.7 Å². The van der Waals surface area contributed by atoms with Crippen molar-refractivity contribution in [3.8, 4) is 0 Å². The number of rotatable bonds is 17. The zero-order valence-electron chi connectivity index (χ0n) is 19.0. The number of ether oxygens (including phenoxy) is 6. The number of esters is 3. The molecule has 0 aromatic rings. The Balaban J connectivity index is 4.47. The van der Waals surface area contributed by atoms with E-state index < -0.39 is 23.5 Å². The highest BCUT2D eigenvalue weighted by atomic mass is 16.6. The summed E-state index contributed by atoms with van der Waals surface area (Å²) in [5, 5.41) is 0.